The largest absolute Gasteiger partial charge is 0.490 e. The molecule has 0 unspecified atom stereocenters. The number of carbonyl (C=O) groups is 1. The van der Waals surface area contributed by atoms with Crippen LogP contribution in [0.2, 0.25) is 0 Å². The van der Waals surface area contributed by atoms with E-state index in [9.17, 15) is 13.2 Å². The second-order valence-electron chi connectivity index (χ2n) is 7.29. The van der Waals surface area contributed by atoms with E-state index >= 15 is 0 Å². The zero-order chi connectivity index (χ0) is 19.6. The van der Waals surface area contributed by atoms with E-state index in [0.717, 1.165) is 12.8 Å². The number of piperidine rings is 1. The van der Waals surface area contributed by atoms with Crippen LogP contribution in [0.5, 0.6) is 5.75 Å². The molecule has 0 spiro atoms. The van der Waals surface area contributed by atoms with Crippen molar-refractivity contribution in [3.05, 3.63) is 42.5 Å². The van der Waals surface area contributed by atoms with E-state index in [1.54, 1.807) is 44.4 Å². The molecule has 3 aliphatic rings. The lowest BCUT2D eigenvalue weighted by Gasteiger charge is -2.36. The molecule has 0 radical (unpaired) electrons. The Morgan fingerprint density at radius 2 is 2.07 bits per heavy atom. The smallest absolute Gasteiger partial charge is 0.281 e. The van der Waals surface area contributed by atoms with Crippen molar-refractivity contribution < 1.29 is 17.9 Å². The Morgan fingerprint density at radius 1 is 1.30 bits per heavy atom. The summed E-state index contributed by atoms with van der Waals surface area (Å²) in [5.74, 6) is 0.707. The van der Waals surface area contributed by atoms with E-state index in [2.05, 4.69) is 6.58 Å². The van der Waals surface area contributed by atoms with Gasteiger partial charge in [0.2, 0.25) is 0 Å². The summed E-state index contributed by atoms with van der Waals surface area (Å²) < 4.78 is 33.4. The molecule has 7 nitrogen and oxygen atoms in total. The lowest BCUT2D eigenvalue weighted by molar-refractivity contribution is 0.0588. The summed E-state index contributed by atoms with van der Waals surface area (Å²) in [6, 6.07) is 7.00. The summed E-state index contributed by atoms with van der Waals surface area (Å²) in [5, 5.41) is 0. The van der Waals surface area contributed by atoms with E-state index in [-0.39, 0.29) is 17.9 Å². The van der Waals surface area contributed by atoms with Gasteiger partial charge in [-0.05, 0) is 37.0 Å². The number of hydrogen-bond acceptors (Lipinski definition) is 4. The Hall–Kier alpha value is -1.90. The molecule has 8 heteroatoms. The number of benzene rings is 1. The molecular weight excluding hydrogens is 366 g/mol. The Balaban J connectivity index is 1.80. The van der Waals surface area contributed by atoms with Gasteiger partial charge in [0, 0.05) is 45.3 Å². The number of ether oxygens (including phenoxy) is 1. The van der Waals surface area contributed by atoms with E-state index in [1.807, 2.05) is 4.90 Å². The second-order valence-corrected chi connectivity index (χ2v) is 9.43. The molecule has 2 atom stereocenters. The first kappa shape index (κ1) is 19.9. The monoisotopic (exact) mass is 393 g/mol. The molecule has 1 aromatic carbocycles. The van der Waals surface area contributed by atoms with E-state index < -0.39 is 10.2 Å². The summed E-state index contributed by atoms with van der Waals surface area (Å²) in [6.45, 7) is 5.39. The highest BCUT2D eigenvalue weighted by molar-refractivity contribution is 7.86. The van der Waals surface area contributed by atoms with Crippen molar-refractivity contribution in [1.82, 2.24) is 13.5 Å². The third kappa shape index (κ3) is 4.17. The van der Waals surface area contributed by atoms with Gasteiger partial charge in [-0.1, -0.05) is 18.7 Å². The van der Waals surface area contributed by atoms with Crippen molar-refractivity contribution in [1.29, 1.82) is 0 Å². The minimum atomic E-state index is -3.48. The van der Waals surface area contributed by atoms with Crippen molar-refractivity contribution in [2.75, 3.05) is 40.3 Å². The minimum absolute atomic E-state index is 0.0714. The van der Waals surface area contributed by atoms with Crippen LogP contribution in [0.25, 0.3) is 0 Å². The molecule has 27 heavy (non-hydrogen) atoms. The molecule has 1 aromatic rings. The molecule has 0 N–H and O–H groups in total. The van der Waals surface area contributed by atoms with Crippen LogP contribution < -0.4 is 4.74 Å². The third-order valence-electron chi connectivity index (χ3n) is 5.18. The van der Waals surface area contributed by atoms with Crippen LogP contribution in [0.1, 0.15) is 23.2 Å². The molecule has 0 aliphatic carbocycles. The number of amides is 1. The number of nitrogens with zero attached hydrogens (tertiary/aromatic N) is 3. The van der Waals surface area contributed by atoms with Crippen LogP contribution in [-0.2, 0) is 10.2 Å². The molecule has 0 saturated carbocycles. The Morgan fingerprint density at radius 3 is 2.78 bits per heavy atom. The Labute approximate surface area is 161 Å². The quantitative estimate of drug-likeness (QED) is 0.689. The maximum atomic E-state index is 13.1. The molecule has 4 rings (SSSR count). The predicted octanol–water partition coefficient (Wildman–Crippen LogP) is 1.59. The summed E-state index contributed by atoms with van der Waals surface area (Å²) in [7, 11) is -0.398. The lowest BCUT2D eigenvalue weighted by atomic mass is 9.94. The lowest BCUT2D eigenvalue weighted by Crippen LogP contribution is -2.48. The van der Waals surface area contributed by atoms with Crippen LogP contribution in [0.4, 0.5) is 0 Å². The van der Waals surface area contributed by atoms with Gasteiger partial charge < -0.3 is 9.64 Å². The molecule has 148 valence electrons. The second kappa shape index (κ2) is 8.00. The van der Waals surface area contributed by atoms with Gasteiger partial charge in [-0.25, -0.2) is 0 Å². The van der Waals surface area contributed by atoms with Crippen LogP contribution in [0, 0.1) is 5.92 Å². The SMILES string of the molecule is C=CCOc1cccc(C(=O)N2C[C@@H]3CC[C@H]2CN(S(=O)(=O)N(C)C)C3)c1. The van der Waals surface area contributed by atoms with Crippen molar-refractivity contribution in [3.63, 3.8) is 0 Å². The third-order valence-corrected chi connectivity index (χ3v) is 7.05. The zero-order valence-corrected chi connectivity index (χ0v) is 16.7. The van der Waals surface area contributed by atoms with Gasteiger partial charge in [0.1, 0.15) is 12.4 Å². The highest BCUT2D eigenvalue weighted by Crippen LogP contribution is 2.31. The van der Waals surface area contributed by atoms with Gasteiger partial charge in [-0.15, -0.1) is 0 Å². The molecule has 3 aliphatic heterocycles. The van der Waals surface area contributed by atoms with E-state index in [0.29, 0.717) is 37.6 Å². The highest BCUT2D eigenvalue weighted by Gasteiger charge is 2.41. The number of rotatable bonds is 6. The van der Waals surface area contributed by atoms with Crippen LogP contribution in [0.15, 0.2) is 36.9 Å². The average molecular weight is 394 g/mol. The molecule has 3 saturated heterocycles. The van der Waals surface area contributed by atoms with Gasteiger partial charge in [0.25, 0.3) is 16.1 Å². The van der Waals surface area contributed by atoms with Gasteiger partial charge in [0.15, 0.2) is 0 Å². The summed E-state index contributed by atoms with van der Waals surface area (Å²) in [6.07, 6.45) is 3.42. The summed E-state index contributed by atoms with van der Waals surface area (Å²) in [5.41, 5.74) is 0.561. The summed E-state index contributed by atoms with van der Waals surface area (Å²) in [4.78, 5) is 15.0. The van der Waals surface area contributed by atoms with E-state index in [4.69, 9.17) is 4.74 Å². The van der Waals surface area contributed by atoms with Gasteiger partial charge >= 0.3 is 0 Å². The fourth-order valence-corrected chi connectivity index (χ4v) is 4.97. The van der Waals surface area contributed by atoms with Crippen LogP contribution in [-0.4, -0.2) is 74.2 Å². The maximum Gasteiger partial charge on any atom is 0.281 e. The maximum absolute atomic E-state index is 13.1. The molecule has 1 amide bonds. The fourth-order valence-electron chi connectivity index (χ4n) is 3.75. The first-order valence-corrected chi connectivity index (χ1v) is 10.5. The van der Waals surface area contributed by atoms with Crippen molar-refractivity contribution in [3.8, 4) is 5.75 Å². The Kier molecular flexibility index (Phi) is 5.88. The fraction of sp³-hybridized carbons (Fsp3) is 0.526. The molecule has 3 fully saturated rings. The topological polar surface area (TPSA) is 70.2 Å². The predicted molar refractivity (Wildman–Crippen MR) is 104 cm³/mol. The van der Waals surface area contributed by atoms with Crippen LogP contribution in [0.3, 0.4) is 0 Å². The first-order valence-electron chi connectivity index (χ1n) is 9.15. The molecular formula is C19H27N3O4S. The van der Waals surface area contributed by atoms with Gasteiger partial charge in [-0.2, -0.15) is 17.0 Å². The van der Waals surface area contributed by atoms with Crippen LogP contribution >= 0.6 is 0 Å². The Bertz CT molecular complexity index is 809. The average Bonchev–Trinajstić information content (AvgIpc) is 2.98. The van der Waals surface area contributed by atoms with Gasteiger partial charge in [-0.3, -0.25) is 4.79 Å². The number of hydrogen-bond donors (Lipinski definition) is 0. The number of fused-ring (bicyclic) bond motifs is 4. The minimum Gasteiger partial charge on any atom is -0.490 e. The number of carbonyl (C=O) groups excluding carboxylic acids is 1. The molecule has 3 heterocycles. The van der Waals surface area contributed by atoms with Crippen molar-refractivity contribution in [2.45, 2.75) is 18.9 Å². The van der Waals surface area contributed by atoms with E-state index in [1.165, 1.54) is 8.61 Å². The normalized spacial score (nSPS) is 23.3. The van der Waals surface area contributed by atoms with Crippen molar-refractivity contribution in [2.24, 2.45) is 5.92 Å². The molecule has 0 aromatic heterocycles. The molecule has 2 bridgehead atoms. The highest BCUT2D eigenvalue weighted by atomic mass is 32.2. The van der Waals surface area contributed by atoms with Gasteiger partial charge in [0.05, 0.1) is 0 Å². The zero-order valence-electron chi connectivity index (χ0n) is 15.9. The first-order chi connectivity index (χ1) is 12.8. The summed E-state index contributed by atoms with van der Waals surface area (Å²) >= 11 is 0. The standard InChI is InChI=1S/C19H27N3O4S/c1-4-10-26-18-7-5-6-16(11-18)19(23)22-13-15-8-9-17(22)14-21(12-15)27(24,25)20(2)3/h4-7,11,15,17H,1,8-10,12-14H2,2-3H3/t15-,17+/m1/s1. The van der Waals surface area contributed by atoms with Crippen molar-refractivity contribution >= 4 is 16.1 Å².